The molecule has 4 heteroatoms. The molecule has 16 heavy (non-hydrogen) atoms. The lowest BCUT2D eigenvalue weighted by Crippen LogP contribution is -2.11. The van der Waals surface area contributed by atoms with Gasteiger partial charge in [0, 0.05) is 5.56 Å². The second-order valence-electron chi connectivity index (χ2n) is 3.16. The number of carbonyl (C=O) groups excluding carboxylic acids is 2. The van der Waals surface area contributed by atoms with Crippen LogP contribution in [0.5, 0.6) is 5.75 Å². The second kappa shape index (κ2) is 5.11. The predicted molar refractivity (Wildman–Crippen MR) is 58.8 cm³/mol. The molecule has 0 spiro atoms. The normalized spacial score (nSPS) is 11.0. The van der Waals surface area contributed by atoms with Gasteiger partial charge in [-0.25, -0.2) is 4.79 Å². The molecule has 1 N–H and O–H groups in total. The van der Waals surface area contributed by atoms with Crippen LogP contribution in [0, 0.1) is 0 Å². The zero-order chi connectivity index (χ0) is 12.1. The van der Waals surface area contributed by atoms with Crippen LogP contribution in [0.1, 0.15) is 12.5 Å². The maximum Gasteiger partial charge on any atom is 0.341 e. The summed E-state index contributed by atoms with van der Waals surface area (Å²) in [6.45, 7) is 1.27. The van der Waals surface area contributed by atoms with Crippen molar-refractivity contribution >= 4 is 17.8 Å². The van der Waals surface area contributed by atoms with E-state index in [0.717, 1.165) is 0 Å². The zero-order valence-corrected chi connectivity index (χ0v) is 9.06. The van der Waals surface area contributed by atoms with Crippen LogP contribution in [-0.4, -0.2) is 24.0 Å². The average Bonchev–Trinajstić information content (AvgIpc) is 2.26. The van der Waals surface area contributed by atoms with E-state index in [1.807, 2.05) is 0 Å². The highest BCUT2D eigenvalue weighted by molar-refractivity contribution is 6.19. The minimum absolute atomic E-state index is 0.00477. The summed E-state index contributed by atoms with van der Waals surface area (Å²) in [5.41, 5.74) is 0.308. The van der Waals surface area contributed by atoms with Crippen molar-refractivity contribution in [2.24, 2.45) is 0 Å². The third kappa shape index (κ3) is 2.70. The Morgan fingerprint density at radius 1 is 1.31 bits per heavy atom. The molecule has 0 bridgehead atoms. The van der Waals surface area contributed by atoms with Gasteiger partial charge in [0.2, 0.25) is 0 Å². The molecule has 0 heterocycles. The molecule has 1 rings (SSSR count). The number of benzene rings is 1. The lowest BCUT2D eigenvalue weighted by molar-refractivity contribution is -0.137. The first-order valence-electron chi connectivity index (χ1n) is 4.65. The molecular weight excluding hydrogens is 208 g/mol. The van der Waals surface area contributed by atoms with Gasteiger partial charge in [0.05, 0.1) is 7.11 Å². The number of hydrogen-bond acceptors (Lipinski definition) is 4. The van der Waals surface area contributed by atoms with Crippen LogP contribution in [0.2, 0.25) is 0 Å². The summed E-state index contributed by atoms with van der Waals surface area (Å²) in [6, 6.07) is 6.42. The molecule has 0 radical (unpaired) electrons. The number of phenols is 1. The maximum atomic E-state index is 11.3. The second-order valence-corrected chi connectivity index (χ2v) is 3.16. The van der Waals surface area contributed by atoms with Crippen molar-refractivity contribution in [1.82, 2.24) is 0 Å². The van der Waals surface area contributed by atoms with Gasteiger partial charge in [-0.05, 0) is 19.1 Å². The highest BCUT2D eigenvalue weighted by Gasteiger charge is 2.15. The minimum atomic E-state index is -0.712. The summed E-state index contributed by atoms with van der Waals surface area (Å²) in [7, 11) is 1.20. The number of Topliss-reactive ketones (excluding diaryl/α,β-unsaturated/α-hetero) is 1. The maximum absolute atomic E-state index is 11.3. The number of phenolic OH excluding ortho intramolecular Hbond substituents is 1. The number of rotatable bonds is 3. The van der Waals surface area contributed by atoms with E-state index in [1.165, 1.54) is 26.2 Å². The van der Waals surface area contributed by atoms with Gasteiger partial charge in [0.1, 0.15) is 11.3 Å². The Morgan fingerprint density at radius 2 is 1.94 bits per heavy atom. The molecule has 0 amide bonds. The van der Waals surface area contributed by atoms with Gasteiger partial charge in [0.15, 0.2) is 5.78 Å². The molecule has 0 aromatic heterocycles. The third-order valence-corrected chi connectivity index (χ3v) is 2.02. The van der Waals surface area contributed by atoms with E-state index in [1.54, 1.807) is 18.2 Å². The Bertz CT molecular complexity index is 446. The van der Waals surface area contributed by atoms with Gasteiger partial charge in [-0.15, -0.1) is 0 Å². The SMILES string of the molecule is COC(=O)/C(=C\c1ccccc1O)C(C)=O. The lowest BCUT2D eigenvalue weighted by atomic mass is 10.1. The number of esters is 1. The standard InChI is InChI=1S/C12H12O4/c1-8(13)10(12(15)16-2)7-9-5-3-4-6-11(9)14/h3-7,14H,1-2H3/b10-7-. The molecule has 0 aliphatic carbocycles. The minimum Gasteiger partial charge on any atom is -0.507 e. The molecule has 1 aromatic carbocycles. The van der Waals surface area contributed by atoms with Crippen molar-refractivity contribution in [2.45, 2.75) is 6.92 Å². The number of ketones is 1. The number of carbonyl (C=O) groups is 2. The smallest absolute Gasteiger partial charge is 0.341 e. The van der Waals surface area contributed by atoms with E-state index < -0.39 is 11.8 Å². The molecule has 0 aliphatic rings. The van der Waals surface area contributed by atoms with Crippen LogP contribution in [0.15, 0.2) is 29.8 Å². The van der Waals surface area contributed by atoms with Crippen LogP contribution in [0.3, 0.4) is 0 Å². The average molecular weight is 220 g/mol. The van der Waals surface area contributed by atoms with Crippen LogP contribution in [0.25, 0.3) is 6.08 Å². The molecule has 0 fully saturated rings. The monoisotopic (exact) mass is 220 g/mol. The summed E-state index contributed by atoms with van der Waals surface area (Å²) in [5.74, 6) is -1.11. The number of aromatic hydroxyl groups is 1. The van der Waals surface area contributed by atoms with Crippen molar-refractivity contribution in [3.63, 3.8) is 0 Å². The fraction of sp³-hybridized carbons (Fsp3) is 0.167. The van der Waals surface area contributed by atoms with Crippen molar-refractivity contribution in [3.05, 3.63) is 35.4 Å². The van der Waals surface area contributed by atoms with Gasteiger partial charge >= 0.3 is 5.97 Å². The summed E-state index contributed by atoms with van der Waals surface area (Å²) < 4.78 is 4.48. The molecule has 84 valence electrons. The van der Waals surface area contributed by atoms with Crippen molar-refractivity contribution < 1.29 is 19.4 Å². The van der Waals surface area contributed by atoms with Gasteiger partial charge < -0.3 is 9.84 Å². The van der Waals surface area contributed by atoms with E-state index >= 15 is 0 Å². The third-order valence-electron chi connectivity index (χ3n) is 2.02. The Morgan fingerprint density at radius 3 is 2.44 bits per heavy atom. The van der Waals surface area contributed by atoms with Crippen LogP contribution >= 0.6 is 0 Å². The fourth-order valence-corrected chi connectivity index (χ4v) is 1.18. The van der Waals surface area contributed by atoms with Gasteiger partial charge in [-0.3, -0.25) is 4.79 Å². The summed E-state index contributed by atoms with van der Waals surface area (Å²) in [6.07, 6.45) is 1.31. The van der Waals surface area contributed by atoms with Crippen LogP contribution < -0.4 is 0 Å². The summed E-state index contributed by atoms with van der Waals surface area (Å²) in [4.78, 5) is 22.5. The highest BCUT2D eigenvalue weighted by atomic mass is 16.5. The zero-order valence-electron chi connectivity index (χ0n) is 9.06. The Labute approximate surface area is 93.2 Å². The highest BCUT2D eigenvalue weighted by Crippen LogP contribution is 2.19. The van der Waals surface area contributed by atoms with E-state index in [9.17, 15) is 14.7 Å². The number of hydrogen-bond donors (Lipinski definition) is 1. The molecule has 0 unspecified atom stereocenters. The molecule has 0 saturated heterocycles. The first-order chi connectivity index (χ1) is 7.56. The van der Waals surface area contributed by atoms with Gasteiger partial charge in [0.25, 0.3) is 0 Å². The predicted octanol–water partition coefficient (Wildman–Crippen LogP) is 1.54. The molecule has 0 saturated carbocycles. The van der Waals surface area contributed by atoms with Crippen molar-refractivity contribution in [3.8, 4) is 5.75 Å². The largest absolute Gasteiger partial charge is 0.507 e. The summed E-state index contributed by atoms with van der Waals surface area (Å²) >= 11 is 0. The van der Waals surface area contributed by atoms with Crippen molar-refractivity contribution in [2.75, 3.05) is 7.11 Å². The Hall–Kier alpha value is -2.10. The van der Waals surface area contributed by atoms with E-state index in [0.29, 0.717) is 5.56 Å². The van der Waals surface area contributed by atoms with Crippen LogP contribution in [-0.2, 0) is 14.3 Å². The quantitative estimate of drug-likeness (QED) is 0.363. The molecule has 4 nitrogen and oxygen atoms in total. The molecule has 0 atom stereocenters. The van der Waals surface area contributed by atoms with Gasteiger partial charge in [-0.2, -0.15) is 0 Å². The fourth-order valence-electron chi connectivity index (χ4n) is 1.18. The first-order valence-corrected chi connectivity index (χ1v) is 4.65. The number of methoxy groups -OCH3 is 1. The Balaban J connectivity index is 3.18. The number of para-hydroxylation sites is 1. The van der Waals surface area contributed by atoms with E-state index in [4.69, 9.17) is 0 Å². The van der Waals surface area contributed by atoms with Crippen LogP contribution in [0.4, 0.5) is 0 Å². The van der Waals surface area contributed by atoms with Crippen molar-refractivity contribution in [1.29, 1.82) is 0 Å². The molecule has 1 aromatic rings. The van der Waals surface area contributed by atoms with E-state index in [-0.39, 0.29) is 11.3 Å². The molecular formula is C12H12O4. The Kier molecular flexibility index (Phi) is 3.83. The lowest BCUT2D eigenvalue weighted by Gasteiger charge is -2.02. The first kappa shape index (κ1) is 12.0. The molecule has 0 aliphatic heterocycles. The van der Waals surface area contributed by atoms with Gasteiger partial charge in [-0.1, -0.05) is 18.2 Å². The number of ether oxygens (including phenoxy) is 1. The topological polar surface area (TPSA) is 63.6 Å². The van der Waals surface area contributed by atoms with E-state index in [2.05, 4.69) is 4.74 Å². The summed E-state index contributed by atoms with van der Waals surface area (Å²) in [5, 5.41) is 9.49.